The Hall–Kier alpha value is -1.85. The third-order valence-corrected chi connectivity index (χ3v) is 11.2. The first-order chi connectivity index (χ1) is 22.6. The predicted octanol–water partition coefficient (Wildman–Crippen LogP) is 6.41. The first-order valence-corrected chi connectivity index (χ1v) is 18.0. The molecule has 3 N–H and O–H groups in total. The molecule has 13 unspecified atom stereocenters. The Balaban J connectivity index is 1.96. The average Bonchev–Trinajstić information content (AvgIpc) is 3.15. The van der Waals surface area contributed by atoms with Crippen LogP contribution in [0.3, 0.4) is 0 Å². The lowest BCUT2D eigenvalue weighted by molar-refractivity contribution is -0.329. The normalized spacial score (nSPS) is 42.6. The number of aliphatic hydroxyl groups is 3. The number of ether oxygens (including phenoxy) is 5. The van der Waals surface area contributed by atoms with Crippen molar-refractivity contribution in [3.05, 3.63) is 47.6 Å². The maximum atomic E-state index is 13.3. The van der Waals surface area contributed by atoms with Crippen LogP contribution in [0.2, 0.25) is 0 Å². The maximum absolute atomic E-state index is 13.3. The summed E-state index contributed by atoms with van der Waals surface area (Å²) in [6.07, 6.45) is 12.2. The zero-order valence-corrected chi connectivity index (χ0v) is 31.1. The van der Waals surface area contributed by atoms with Crippen molar-refractivity contribution >= 4 is 5.97 Å². The summed E-state index contributed by atoms with van der Waals surface area (Å²) in [4.78, 5) is 13.3. The molecule has 9 nitrogen and oxygen atoms in total. The predicted molar refractivity (Wildman–Crippen MR) is 187 cm³/mol. The fourth-order valence-corrected chi connectivity index (χ4v) is 7.64. The first-order valence-electron chi connectivity index (χ1n) is 18.0. The quantitative estimate of drug-likeness (QED) is 0.188. The second kappa shape index (κ2) is 17.9. The van der Waals surface area contributed by atoms with Crippen LogP contribution in [0.5, 0.6) is 0 Å². The van der Waals surface area contributed by atoms with Crippen molar-refractivity contribution in [3.8, 4) is 0 Å². The topological polar surface area (TPSA) is 124 Å². The number of aliphatic hydroxyl groups excluding tert-OH is 3. The molecule has 274 valence electrons. The molecule has 0 aromatic heterocycles. The number of hydrogen-bond donors (Lipinski definition) is 3. The second-order valence-electron chi connectivity index (χ2n) is 14.9. The fraction of sp³-hybridized carbons (Fsp3) is 0.769. The fourth-order valence-electron chi connectivity index (χ4n) is 7.64. The van der Waals surface area contributed by atoms with Crippen molar-refractivity contribution < 1.29 is 43.8 Å². The molecule has 13 atom stereocenters. The highest BCUT2D eigenvalue weighted by Gasteiger charge is 2.51. The molecule has 2 bridgehead atoms. The van der Waals surface area contributed by atoms with Gasteiger partial charge in [0, 0.05) is 49.2 Å². The lowest BCUT2D eigenvalue weighted by Crippen LogP contribution is -2.58. The van der Waals surface area contributed by atoms with Crippen LogP contribution in [0.15, 0.2) is 47.6 Å². The highest BCUT2D eigenvalue weighted by molar-refractivity contribution is 5.82. The number of carbonyl (C=O) groups excluding carboxylic acids is 1. The average molecular weight is 677 g/mol. The largest absolute Gasteiger partial charge is 0.458 e. The van der Waals surface area contributed by atoms with Gasteiger partial charge in [0.2, 0.25) is 0 Å². The number of rotatable bonds is 9. The monoisotopic (exact) mass is 676 g/mol. The number of unbranched alkanes of at least 4 members (excludes halogenated alkanes) is 2. The SMILES string of the molecule is CCCCCC1OCOC2(C)/C=C(C)/C=C\C(=O)OC(C(C)C(O)C(C)C3(OC)CC(O)C(C)C(C)O3)C(C)/C=C\C=C(/C)CC1C2O. The molecule has 3 heterocycles. The molecule has 0 radical (unpaired) electrons. The van der Waals surface area contributed by atoms with Crippen LogP contribution in [-0.4, -0.2) is 83.2 Å². The zero-order chi connectivity index (χ0) is 35.8. The summed E-state index contributed by atoms with van der Waals surface area (Å²) in [6.45, 7) is 17.6. The van der Waals surface area contributed by atoms with E-state index in [2.05, 4.69) is 13.8 Å². The summed E-state index contributed by atoms with van der Waals surface area (Å²) in [5.41, 5.74) is 0.792. The molecule has 2 saturated heterocycles. The molecule has 3 rings (SSSR count). The number of cyclic esters (lactones) is 1. The standard InChI is InChI=1S/C39H64O9/c1-11-12-13-17-33-31-20-24(2)15-14-16-26(4)36(47-34(41)19-18-25(3)21-38(9,37(31)43)46-23-45-33)28(6)35(42)29(7)39(44-10)22-32(40)27(5)30(8)48-39/h14-16,18-19,21,26-33,35-37,40,42-43H,11-13,17,20,22-23H2,1-10H3/b16-14-,19-18-,24-15+,25-21+. The van der Waals surface area contributed by atoms with E-state index in [1.807, 2.05) is 72.8 Å². The molecule has 0 amide bonds. The second-order valence-corrected chi connectivity index (χ2v) is 14.9. The molecule has 0 aromatic rings. The van der Waals surface area contributed by atoms with Gasteiger partial charge in [-0.3, -0.25) is 0 Å². The third-order valence-electron chi connectivity index (χ3n) is 11.2. The molecule has 48 heavy (non-hydrogen) atoms. The molecule has 0 spiro atoms. The third kappa shape index (κ3) is 9.89. The zero-order valence-electron chi connectivity index (χ0n) is 31.1. The van der Waals surface area contributed by atoms with E-state index in [1.54, 1.807) is 6.08 Å². The number of carbonyl (C=O) groups is 1. The van der Waals surface area contributed by atoms with E-state index in [1.165, 1.54) is 13.2 Å². The van der Waals surface area contributed by atoms with Crippen molar-refractivity contribution in [3.63, 3.8) is 0 Å². The van der Waals surface area contributed by atoms with E-state index in [0.717, 1.165) is 36.8 Å². The summed E-state index contributed by atoms with van der Waals surface area (Å²) >= 11 is 0. The van der Waals surface area contributed by atoms with Gasteiger partial charge in [-0.1, -0.05) is 89.3 Å². The van der Waals surface area contributed by atoms with Crippen LogP contribution in [0, 0.1) is 29.6 Å². The summed E-state index contributed by atoms with van der Waals surface area (Å²) < 4.78 is 30.6. The van der Waals surface area contributed by atoms with Crippen molar-refractivity contribution in [2.75, 3.05) is 13.9 Å². The number of esters is 1. The van der Waals surface area contributed by atoms with E-state index in [0.29, 0.717) is 6.42 Å². The number of hydrogen-bond acceptors (Lipinski definition) is 9. The van der Waals surface area contributed by atoms with Crippen molar-refractivity contribution in [2.24, 2.45) is 29.6 Å². The first kappa shape index (κ1) is 40.6. The van der Waals surface area contributed by atoms with Crippen LogP contribution in [0.4, 0.5) is 0 Å². The van der Waals surface area contributed by atoms with E-state index in [-0.39, 0.29) is 43.2 Å². The Morgan fingerprint density at radius 2 is 1.81 bits per heavy atom. The number of fused-ring (bicyclic) bond motifs is 2. The molecular weight excluding hydrogens is 612 g/mol. The van der Waals surface area contributed by atoms with E-state index in [4.69, 9.17) is 23.7 Å². The van der Waals surface area contributed by atoms with Crippen molar-refractivity contribution in [1.29, 1.82) is 0 Å². The van der Waals surface area contributed by atoms with E-state index >= 15 is 0 Å². The van der Waals surface area contributed by atoms with Gasteiger partial charge >= 0.3 is 5.97 Å². The Labute approximate surface area is 289 Å². The lowest BCUT2D eigenvalue weighted by atomic mass is 9.76. The summed E-state index contributed by atoms with van der Waals surface area (Å²) in [5, 5.41) is 34.4. The van der Waals surface area contributed by atoms with Gasteiger partial charge in [0.25, 0.3) is 0 Å². The molecule has 0 aromatic carbocycles. The summed E-state index contributed by atoms with van der Waals surface area (Å²) in [5.74, 6) is -3.30. The highest BCUT2D eigenvalue weighted by atomic mass is 16.7. The highest BCUT2D eigenvalue weighted by Crippen LogP contribution is 2.42. The summed E-state index contributed by atoms with van der Waals surface area (Å²) in [7, 11) is 1.54. The van der Waals surface area contributed by atoms with Crippen LogP contribution < -0.4 is 0 Å². The van der Waals surface area contributed by atoms with Crippen molar-refractivity contribution in [1.82, 2.24) is 0 Å². The summed E-state index contributed by atoms with van der Waals surface area (Å²) in [6, 6.07) is 0. The molecule has 0 saturated carbocycles. The van der Waals surface area contributed by atoms with Crippen LogP contribution >= 0.6 is 0 Å². The minimum Gasteiger partial charge on any atom is -0.458 e. The molecular formula is C39H64O9. The van der Waals surface area contributed by atoms with E-state index < -0.39 is 53.6 Å². The number of allylic oxidation sites excluding steroid dienone is 5. The van der Waals surface area contributed by atoms with Gasteiger partial charge in [0.1, 0.15) is 18.5 Å². The van der Waals surface area contributed by atoms with Gasteiger partial charge in [0.05, 0.1) is 30.5 Å². The van der Waals surface area contributed by atoms with Crippen LogP contribution in [0.25, 0.3) is 0 Å². The van der Waals surface area contributed by atoms with Gasteiger partial charge in [-0.15, -0.1) is 0 Å². The Bertz CT molecular complexity index is 1150. The molecule has 3 aliphatic heterocycles. The Morgan fingerprint density at radius 3 is 2.46 bits per heavy atom. The molecule has 0 aliphatic carbocycles. The van der Waals surface area contributed by atoms with Gasteiger partial charge < -0.3 is 39.0 Å². The molecule has 9 heteroatoms. The number of methoxy groups -OCH3 is 1. The minimum absolute atomic E-state index is 0.0726. The van der Waals surface area contributed by atoms with Gasteiger partial charge in [0.15, 0.2) is 5.79 Å². The molecule has 3 aliphatic rings. The van der Waals surface area contributed by atoms with Crippen LogP contribution in [-0.2, 0) is 28.5 Å². The smallest absolute Gasteiger partial charge is 0.331 e. The Kier molecular flexibility index (Phi) is 15.1. The van der Waals surface area contributed by atoms with Crippen LogP contribution in [0.1, 0.15) is 101 Å². The van der Waals surface area contributed by atoms with Gasteiger partial charge in [-0.2, -0.15) is 0 Å². The van der Waals surface area contributed by atoms with Gasteiger partial charge in [-0.25, -0.2) is 4.79 Å². The lowest BCUT2D eigenvalue weighted by Gasteiger charge is -2.49. The van der Waals surface area contributed by atoms with E-state index in [9.17, 15) is 20.1 Å². The van der Waals surface area contributed by atoms with Crippen molar-refractivity contribution in [2.45, 2.75) is 149 Å². The van der Waals surface area contributed by atoms with Gasteiger partial charge in [-0.05, 0) is 46.6 Å². The Morgan fingerprint density at radius 1 is 1.10 bits per heavy atom. The molecule has 2 fully saturated rings. The maximum Gasteiger partial charge on any atom is 0.331 e. The minimum atomic E-state index is -1.19.